The first-order valence-electron chi connectivity index (χ1n) is 8.70. The molecule has 0 N–H and O–H groups in total. The molecule has 5 heteroatoms. The van der Waals surface area contributed by atoms with Crippen molar-refractivity contribution in [1.29, 1.82) is 0 Å². The highest BCUT2D eigenvalue weighted by molar-refractivity contribution is 5.79. The molecule has 1 aliphatic rings. The zero-order chi connectivity index (χ0) is 17.6. The second-order valence-corrected chi connectivity index (χ2v) is 6.82. The van der Waals surface area contributed by atoms with Crippen LogP contribution in [-0.4, -0.2) is 47.4 Å². The monoisotopic (exact) mass is 341 g/mol. The van der Waals surface area contributed by atoms with Crippen LogP contribution in [0.2, 0.25) is 0 Å². The van der Waals surface area contributed by atoms with E-state index in [0.717, 1.165) is 32.6 Å². The van der Waals surface area contributed by atoms with Gasteiger partial charge in [0, 0.05) is 38.6 Å². The van der Waals surface area contributed by atoms with Crippen molar-refractivity contribution in [3.05, 3.63) is 65.7 Å². The molecular formula is C20H24FN3O. The van der Waals surface area contributed by atoms with Crippen LogP contribution in [0.15, 0.2) is 48.8 Å². The number of carbonyl (C=O) groups excluding carboxylic acids is 1. The second kappa shape index (κ2) is 8.21. The fourth-order valence-electron chi connectivity index (χ4n) is 3.43. The Morgan fingerprint density at radius 3 is 2.92 bits per heavy atom. The standard InChI is InChI=1S/C20H24FN3O/c1-23(13-16-5-4-9-22-12-16)14-17-8-10-24(15-17)20(25)11-18-6-2-3-7-19(18)21/h2-7,9,12,17H,8,10-11,13-15H2,1H3/t17-/m0/s1. The number of pyridine rings is 1. The predicted octanol–water partition coefficient (Wildman–Crippen LogP) is 2.74. The topological polar surface area (TPSA) is 36.4 Å². The Morgan fingerprint density at radius 1 is 1.32 bits per heavy atom. The van der Waals surface area contributed by atoms with E-state index in [9.17, 15) is 9.18 Å². The van der Waals surface area contributed by atoms with Crippen LogP contribution in [0.5, 0.6) is 0 Å². The molecule has 0 spiro atoms. The van der Waals surface area contributed by atoms with Gasteiger partial charge in [0.2, 0.25) is 5.91 Å². The summed E-state index contributed by atoms with van der Waals surface area (Å²) in [6.07, 6.45) is 4.81. The molecule has 1 atom stereocenters. The molecule has 1 aliphatic heterocycles. The van der Waals surface area contributed by atoms with Crippen LogP contribution in [-0.2, 0) is 17.8 Å². The number of carbonyl (C=O) groups is 1. The molecule has 0 aliphatic carbocycles. The fraction of sp³-hybridized carbons (Fsp3) is 0.400. The van der Waals surface area contributed by atoms with Gasteiger partial charge in [-0.25, -0.2) is 4.39 Å². The predicted molar refractivity (Wildman–Crippen MR) is 95.4 cm³/mol. The van der Waals surface area contributed by atoms with Gasteiger partial charge in [0.1, 0.15) is 5.82 Å². The van der Waals surface area contributed by atoms with E-state index < -0.39 is 0 Å². The summed E-state index contributed by atoms with van der Waals surface area (Å²) < 4.78 is 13.7. The Kier molecular flexibility index (Phi) is 5.76. The largest absolute Gasteiger partial charge is 0.342 e. The van der Waals surface area contributed by atoms with E-state index in [-0.39, 0.29) is 18.1 Å². The minimum absolute atomic E-state index is 0.0162. The third-order valence-electron chi connectivity index (χ3n) is 4.68. The number of halogens is 1. The summed E-state index contributed by atoms with van der Waals surface area (Å²) in [6.45, 7) is 3.31. The molecule has 3 rings (SSSR count). The van der Waals surface area contributed by atoms with E-state index in [4.69, 9.17) is 0 Å². The summed E-state index contributed by atoms with van der Waals surface area (Å²) in [4.78, 5) is 20.7. The highest BCUT2D eigenvalue weighted by Gasteiger charge is 2.27. The minimum Gasteiger partial charge on any atom is -0.342 e. The Morgan fingerprint density at radius 2 is 2.16 bits per heavy atom. The third kappa shape index (κ3) is 4.86. The molecule has 4 nitrogen and oxygen atoms in total. The van der Waals surface area contributed by atoms with Gasteiger partial charge in [0.05, 0.1) is 6.42 Å². The summed E-state index contributed by atoms with van der Waals surface area (Å²) in [5.74, 6) is 0.177. The molecule has 0 unspecified atom stereocenters. The number of likely N-dealkylation sites (tertiary alicyclic amines) is 1. The van der Waals surface area contributed by atoms with Crippen molar-refractivity contribution in [2.45, 2.75) is 19.4 Å². The van der Waals surface area contributed by atoms with E-state index in [1.165, 1.54) is 11.6 Å². The molecule has 1 amide bonds. The van der Waals surface area contributed by atoms with Gasteiger partial charge in [-0.3, -0.25) is 9.78 Å². The molecule has 132 valence electrons. The van der Waals surface area contributed by atoms with E-state index in [2.05, 4.69) is 23.0 Å². The summed E-state index contributed by atoms with van der Waals surface area (Å²) in [6, 6.07) is 10.5. The molecule has 1 aromatic carbocycles. The average Bonchev–Trinajstić information content (AvgIpc) is 3.06. The van der Waals surface area contributed by atoms with Gasteiger partial charge < -0.3 is 9.80 Å². The van der Waals surface area contributed by atoms with Crippen LogP contribution in [0.1, 0.15) is 17.5 Å². The van der Waals surface area contributed by atoms with Crippen LogP contribution in [0.4, 0.5) is 4.39 Å². The number of hydrogen-bond donors (Lipinski definition) is 0. The number of benzene rings is 1. The lowest BCUT2D eigenvalue weighted by atomic mass is 10.1. The summed E-state index contributed by atoms with van der Waals surface area (Å²) in [7, 11) is 2.09. The Balaban J connectivity index is 1.48. The maximum Gasteiger partial charge on any atom is 0.227 e. The van der Waals surface area contributed by atoms with Crippen molar-refractivity contribution in [1.82, 2.24) is 14.8 Å². The molecule has 0 radical (unpaired) electrons. The summed E-state index contributed by atoms with van der Waals surface area (Å²) in [5, 5.41) is 0. The van der Waals surface area contributed by atoms with Crippen molar-refractivity contribution in [3.63, 3.8) is 0 Å². The zero-order valence-corrected chi connectivity index (χ0v) is 14.6. The van der Waals surface area contributed by atoms with E-state index in [1.54, 1.807) is 24.4 Å². The molecule has 1 aromatic heterocycles. The van der Waals surface area contributed by atoms with E-state index in [0.29, 0.717) is 11.5 Å². The van der Waals surface area contributed by atoms with Crippen LogP contribution in [0, 0.1) is 11.7 Å². The molecular weight excluding hydrogens is 317 g/mol. The molecule has 1 fully saturated rings. The molecule has 25 heavy (non-hydrogen) atoms. The van der Waals surface area contributed by atoms with Crippen LogP contribution >= 0.6 is 0 Å². The van der Waals surface area contributed by atoms with E-state index >= 15 is 0 Å². The highest BCUT2D eigenvalue weighted by Crippen LogP contribution is 2.19. The van der Waals surface area contributed by atoms with Crippen molar-refractivity contribution >= 4 is 5.91 Å². The van der Waals surface area contributed by atoms with Gasteiger partial charge in [-0.2, -0.15) is 0 Å². The van der Waals surface area contributed by atoms with Gasteiger partial charge in [0.25, 0.3) is 0 Å². The van der Waals surface area contributed by atoms with Crippen LogP contribution < -0.4 is 0 Å². The quantitative estimate of drug-likeness (QED) is 0.811. The van der Waals surface area contributed by atoms with Gasteiger partial charge in [-0.1, -0.05) is 24.3 Å². The third-order valence-corrected chi connectivity index (χ3v) is 4.68. The summed E-state index contributed by atoms with van der Waals surface area (Å²) >= 11 is 0. The minimum atomic E-state index is -0.303. The lowest BCUT2D eigenvalue weighted by molar-refractivity contribution is -0.129. The van der Waals surface area contributed by atoms with Gasteiger partial charge in [-0.05, 0) is 42.6 Å². The maximum atomic E-state index is 13.7. The highest BCUT2D eigenvalue weighted by atomic mass is 19.1. The van der Waals surface area contributed by atoms with Gasteiger partial charge in [-0.15, -0.1) is 0 Å². The normalized spacial score (nSPS) is 17.2. The van der Waals surface area contributed by atoms with Gasteiger partial charge >= 0.3 is 0 Å². The number of nitrogens with zero attached hydrogens (tertiary/aromatic N) is 3. The van der Waals surface area contributed by atoms with Crippen LogP contribution in [0.25, 0.3) is 0 Å². The number of amides is 1. The molecule has 0 bridgehead atoms. The Hall–Kier alpha value is -2.27. The lowest BCUT2D eigenvalue weighted by Gasteiger charge is -2.21. The first-order chi connectivity index (χ1) is 12.1. The lowest BCUT2D eigenvalue weighted by Crippen LogP contribution is -2.32. The van der Waals surface area contributed by atoms with Crippen LogP contribution in [0.3, 0.4) is 0 Å². The number of hydrogen-bond acceptors (Lipinski definition) is 3. The smallest absolute Gasteiger partial charge is 0.227 e. The average molecular weight is 341 g/mol. The number of aromatic nitrogens is 1. The fourth-order valence-corrected chi connectivity index (χ4v) is 3.43. The van der Waals surface area contributed by atoms with Gasteiger partial charge in [0.15, 0.2) is 0 Å². The maximum absolute atomic E-state index is 13.7. The number of rotatable bonds is 6. The van der Waals surface area contributed by atoms with Crippen molar-refractivity contribution < 1.29 is 9.18 Å². The molecule has 2 heterocycles. The molecule has 2 aromatic rings. The van der Waals surface area contributed by atoms with Crippen molar-refractivity contribution in [2.24, 2.45) is 5.92 Å². The molecule has 0 saturated carbocycles. The Bertz CT molecular complexity index is 707. The SMILES string of the molecule is CN(Cc1cccnc1)C[C@@H]1CCN(C(=O)Cc2ccccc2F)C1. The van der Waals surface area contributed by atoms with Crippen molar-refractivity contribution in [2.75, 3.05) is 26.7 Å². The van der Waals surface area contributed by atoms with Crippen molar-refractivity contribution in [3.8, 4) is 0 Å². The second-order valence-electron chi connectivity index (χ2n) is 6.82. The molecule has 1 saturated heterocycles. The zero-order valence-electron chi connectivity index (χ0n) is 14.6. The first-order valence-corrected chi connectivity index (χ1v) is 8.70. The first kappa shape index (κ1) is 17.5. The Labute approximate surface area is 148 Å². The summed E-state index contributed by atoms with van der Waals surface area (Å²) in [5.41, 5.74) is 1.67. The van der Waals surface area contributed by atoms with E-state index in [1.807, 2.05) is 17.2 Å².